The normalized spacial score (nSPS) is 16.7. The van der Waals surface area contributed by atoms with Gasteiger partial charge in [0.1, 0.15) is 23.9 Å². The number of ketones is 1. The minimum atomic E-state index is -0.714. The van der Waals surface area contributed by atoms with Gasteiger partial charge in [0.15, 0.2) is 0 Å². The van der Waals surface area contributed by atoms with E-state index in [0.717, 1.165) is 17.5 Å². The van der Waals surface area contributed by atoms with E-state index in [-0.39, 0.29) is 11.3 Å². The van der Waals surface area contributed by atoms with Crippen LogP contribution in [0.15, 0.2) is 84.4 Å². The van der Waals surface area contributed by atoms with Crippen LogP contribution in [0.3, 0.4) is 0 Å². The van der Waals surface area contributed by atoms with Crippen LogP contribution in [0, 0.1) is 0 Å². The van der Waals surface area contributed by atoms with E-state index < -0.39 is 17.7 Å². The van der Waals surface area contributed by atoms with Gasteiger partial charge in [-0.3, -0.25) is 9.59 Å². The molecule has 7 nitrogen and oxygen atoms in total. The fraction of sp³-hybridized carbons (Fsp3) is 0.290. The molecule has 0 spiro atoms. The van der Waals surface area contributed by atoms with Crippen LogP contribution in [0.2, 0.25) is 0 Å². The molecule has 1 aliphatic rings. The third-order valence-corrected chi connectivity index (χ3v) is 6.37. The highest BCUT2D eigenvalue weighted by molar-refractivity contribution is 6.46. The van der Waals surface area contributed by atoms with Gasteiger partial charge < -0.3 is 24.4 Å². The molecule has 38 heavy (non-hydrogen) atoms. The molecule has 1 amide bonds. The van der Waals surface area contributed by atoms with E-state index in [0.29, 0.717) is 43.4 Å². The third-order valence-electron chi connectivity index (χ3n) is 6.37. The summed E-state index contributed by atoms with van der Waals surface area (Å²) >= 11 is 0. The number of likely N-dealkylation sites (tertiary alicyclic amines) is 1. The Bertz CT molecular complexity index is 1270. The SMILES string of the molecule is CCCOc1ccc(/C(O)=C2/C(=O)C(=O)N(CCN(C)C)C2c2ccc(OCc3ccccc3)cc2)cc1. The fourth-order valence-corrected chi connectivity index (χ4v) is 4.34. The van der Waals surface area contributed by atoms with Crippen LogP contribution in [0.4, 0.5) is 0 Å². The number of aliphatic hydroxyl groups excluding tert-OH is 1. The molecule has 0 aromatic heterocycles. The van der Waals surface area contributed by atoms with E-state index in [2.05, 4.69) is 0 Å². The van der Waals surface area contributed by atoms with Crippen LogP contribution in [0.5, 0.6) is 11.5 Å². The number of likely N-dealkylation sites (N-methyl/N-ethyl adjacent to an activating group) is 1. The van der Waals surface area contributed by atoms with Gasteiger partial charge in [0.05, 0.1) is 18.2 Å². The summed E-state index contributed by atoms with van der Waals surface area (Å²) in [5.41, 5.74) is 2.31. The molecular weight excluding hydrogens is 480 g/mol. The summed E-state index contributed by atoms with van der Waals surface area (Å²) in [7, 11) is 3.82. The molecular formula is C31H34N2O5. The summed E-state index contributed by atoms with van der Waals surface area (Å²) in [4.78, 5) is 29.8. The molecule has 1 saturated heterocycles. The van der Waals surface area contributed by atoms with Crippen molar-refractivity contribution in [2.24, 2.45) is 0 Å². The van der Waals surface area contributed by atoms with Crippen molar-refractivity contribution in [3.05, 3.63) is 101 Å². The molecule has 1 unspecified atom stereocenters. The summed E-state index contributed by atoms with van der Waals surface area (Å²) in [5, 5.41) is 11.3. The van der Waals surface area contributed by atoms with Crippen molar-refractivity contribution in [1.82, 2.24) is 9.80 Å². The number of benzene rings is 3. The molecule has 0 bridgehead atoms. The van der Waals surface area contributed by atoms with Crippen LogP contribution >= 0.6 is 0 Å². The van der Waals surface area contributed by atoms with Crippen molar-refractivity contribution in [1.29, 1.82) is 0 Å². The van der Waals surface area contributed by atoms with Crippen molar-refractivity contribution in [3.63, 3.8) is 0 Å². The number of hydrogen-bond acceptors (Lipinski definition) is 6. The Morgan fingerprint density at radius 2 is 1.53 bits per heavy atom. The second-order valence-corrected chi connectivity index (χ2v) is 9.51. The number of ether oxygens (including phenoxy) is 2. The van der Waals surface area contributed by atoms with Crippen molar-refractivity contribution in [3.8, 4) is 11.5 Å². The van der Waals surface area contributed by atoms with Crippen LogP contribution in [-0.4, -0.2) is 60.4 Å². The minimum Gasteiger partial charge on any atom is -0.507 e. The summed E-state index contributed by atoms with van der Waals surface area (Å²) in [6, 6.07) is 23.4. The first-order valence-electron chi connectivity index (χ1n) is 12.8. The third kappa shape index (κ3) is 6.23. The van der Waals surface area contributed by atoms with Crippen molar-refractivity contribution >= 4 is 17.4 Å². The molecule has 1 N–H and O–H groups in total. The van der Waals surface area contributed by atoms with Crippen LogP contribution < -0.4 is 9.47 Å². The fourth-order valence-electron chi connectivity index (χ4n) is 4.34. The van der Waals surface area contributed by atoms with Gasteiger partial charge in [-0.25, -0.2) is 0 Å². The van der Waals surface area contributed by atoms with E-state index in [1.165, 1.54) is 4.90 Å². The molecule has 3 aromatic carbocycles. The second kappa shape index (κ2) is 12.4. The number of carbonyl (C=O) groups is 2. The van der Waals surface area contributed by atoms with Gasteiger partial charge in [0.2, 0.25) is 0 Å². The molecule has 0 aliphatic carbocycles. The van der Waals surface area contributed by atoms with Crippen molar-refractivity contribution in [2.45, 2.75) is 26.0 Å². The number of carbonyl (C=O) groups excluding carboxylic acids is 2. The smallest absolute Gasteiger partial charge is 0.295 e. The van der Waals surface area contributed by atoms with Crippen molar-refractivity contribution in [2.75, 3.05) is 33.8 Å². The van der Waals surface area contributed by atoms with E-state index in [1.54, 1.807) is 24.3 Å². The first kappa shape index (κ1) is 26.9. The van der Waals surface area contributed by atoms with Gasteiger partial charge in [0.25, 0.3) is 11.7 Å². The largest absolute Gasteiger partial charge is 0.507 e. The number of hydrogen-bond donors (Lipinski definition) is 1. The Hall–Kier alpha value is -4.10. The first-order valence-corrected chi connectivity index (χ1v) is 12.8. The average Bonchev–Trinajstić information content (AvgIpc) is 3.19. The number of rotatable bonds is 11. The zero-order valence-corrected chi connectivity index (χ0v) is 22.1. The highest BCUT2D eigenvalue weighted by atomic mass is 16.5. The number of amides is 1. The molecule has 1 aliphatic heterocycles. The van der Waals surface area contributed by atoms with Crippen LogP contribution in [0.25, 0.3) is 5.76 Å². The lowest BCUT2D eigenvalue weighted by atomic mass is 9.95. The highest BCUT2D eigenvalue weighted by Gasteiger charge is 2.45. The van der Waals surface area contributed by atoms with Gasteiger partial charge >= 0.3 is 0 Å². The lowest BCUT2D eigenvalue weighted by Gasteiger charge is -2.26. The maximum atomic E-state index is 13.2. The predicted octanol–water partition coefficient (Wildman–Crippen LogP) is 5.04. The van der Waals surface area contributed by atoms with Crippen LogP contribution in [0.1, 0.15) is 36.1 Å². The van der Waals surface area contributed by atoms with Gasteiger partial charge in [-0.15, -0.1) is 0 Å². The quantitative estimate of drug-likeness (QED) is 0.220. The summed E-state index contributed by atoms with van der Waals surface area (Å²) in [5.74, 6) is -0.164. The Morgan fingerprint density at radius 1 is 0.895 bits per heavy atom. The summed E-state index contributed by atoms with van der Waals surface area (Å²) < 4.78 is 11.5. The molecule has 3 aromatic rings. The summed E-state index contributed by atoms with van der Waals surface area (Å²) in [6.45, 7) is 3.96. The Kier molecular flexibility index (Phi) is 8.81. The van der Waals surface area contributed by atoms with Crippen LogP contribution in [-0.2, 0) is 16.2 Å². The standard InChI is InChI=1S/C31H34N2O5/c1-4-20-37-25-16-12-24(13-17-25)29(34)27-28(33(19-18-32(2)3)31(36)30(27)35)23-10-14-26(15-11-23)38-21-22-8-6-5-7-9-22/h5-17,28,34H,4,18-21H2,1-3H3/b29-27-. The zero-order valence-electron chi connectivity index (χ0n) is 22.1. The van der Waals surface area contributed by atoms with E-state index in [1.807, 2.05) is 80.5 Å². The second-order valence-electron chi connectivity index (χ2n) is 9.51. The Morgan fingerprint density at radius 3 is 2.16 bits per heavy atom. The number of nitrogens with zero attached hydrogens (tertiary/aromatic N) is 2. The van der Waals surface area contributed by atoms with Gasteiger partial charge in [-0.2, -0.15) is 0 Å². The predicted molar refractivity (Wildman–Crippen MR) is 147 cm³/mol. The molecule has 7 heteroatoms. The maximum absolute atomic E-state index is 13.2. The first-order chi connectivity index (χ1) is 18.4. The van der Waals surface area contributed by atoms with E-state index >= 15 is 0 Å². The summed E-state index contributed by atoms with van der Waals surface area (Å²) in [6.07, 6.45) is 0.883. The number of aliphatic hydroxyl groups is 1. The highest BCUT2D eigenvalue weighted by Crippen LogP contribution is 2.40. The molecule has 0 radical (unpaired) electrons. The monoisotopic (exact) mass is 514 g/mol. The molecule has 1 heterocycles. The van der Waals surface area contributed by atoms with E-state index in [4.69, 9.17) is 9.47 Å². The Balaban J connectivity index is 1.65. The molecule has 0 saturated carbocycles. The molecule has 198 valence electrons. The minimum absolute atomic E-state index is 0.0777. The average molecular weight is 515 g/mol. The maximum Gasteiger partial charge on any atom is 0.295 e. The molecule has 1 atom stereocenters. The van der Waals surface area contributed by atoms with Gasteiger partial charge in [-0.1, -0.05) is 49.4 Å². The van der Waals surface area contributed by atoms with Gasteiger partial charge in [-0.05, 0) is 68.0 Å². The van der Waals surface area contributed by atoms with Gasteiger partial charge in [0, 0.05) is 18.7 Å². The lowest BCUT2D eigenvalue weighted by molar-refractivity contribution is -0.140. The van der Waals surface area contributed by atoms with Crippen molar-refractivity contribution < 1.29 is 24.2 Å². The van der Waals surface area contributed by atoms with E-state index in [9.17, 15) is 14.7 Å². The Labute approximate surface area is 223 Å². The molecule has 4 rings (SSSR count). The number of Topliss-reactive ketones (excluding diaryl/α,β-unsaturated/α-hetero) is 1. The lowest BCUT2D eigenvalue weighted by Crippen LogP contribution is -2.35. The zero-order chi connectivity index (χ0) is 27.1. The molecule has 1 fully saturated rings. The topological polar surface area (TPSA) is 79.3 Å².